The molecule has 0 amide bonds. The number of nitrogens with one attached hydrogen (secondary N) is 1. The number of H-pyrrole nitrogens is 1. The van der Waals surface area contributed by atoms with Gasteiger partial charge in [0.25, 0.3) is 0 Å². The van der Waals surface area contributed by atoms with E-state index < -0.39 is 0 Å². The van der Waals surface area contributed by atoms with Gasteiger partial charge in [-0.3, -0.25) is 0 Å². The molecule has 0 aliphatic heterocycles. The van der Waals surface area contributed by atoms with E-state index in [0.717, 1.165) is 47.0 Å². The zero-order chi connectivity index (χ0) is 17.3. The van der Waals surface area contributed by atoms with Crippen LogP contribution >= 0.6 is 46.4 Å². The first kappa shape index (κ1) is 17.9. The number of unbranched alkanes of at least 4 members (excludes halogenated alkanes) is 1. The van der Waals surface area contributed by atoms with Crippen LogP contribution in [0, 0.1) is 0 Å². The highest BCUT2D eigenvalue weighted by molar-refractivity contribution is 6.40. The standard InChI is InChI=1S/C18H16Cl4N2/c19-10-8-12-11(4-1-2-7-23)18(24-17(12)15(22)9-10)16-13(20)5-3-6-14(16)21/h3,5-6,8-9,24H,1-2,4,7,23H2. The quantitative estimate of drug-likeness (QED) is 0.457. The van der Waals surface area contributed by atoms with Gasteiger partial charge in [0.1, 0.15) is 0 Å². The van der Waals surface area contributed by atoms with Crippen molar-refractivity contribution in [2.75, 3.05) is 6.54 Å². The van der Waals surface area contributed by atoms with Crippen LogP contribution in [0.2, 0.25) is 20.1 Å². The molecule has 0 fully saturated rings. The number of benzene rings is 2. The van der Waals surface area contributed by atoms with Crippen LogP contribution in [0.3, 0.4) is 0 Å². The number of halogens is 4. The molecule has 3 rings (SSSR count). The van der Waals surface area contributed by atoms with Gasteiger partial charge in [-0.05, 0) is 55.6 Å². The summed E-state index contributed by atoms with van der Waals surface area (Å²) in [6, 6.07) is 9.13. The number of nitrogens with two attached hydrogens (primary N) is 1. The Labute approximate surface area is 160 Å². The van der Waals surface area contributed by atoms with Gasteiger partial charge < -0.3 is 10.7 Å². The fraction of sp³-hybridized carbons (Fsp3) is 0.222. The summed E-state index contributed by atoms with van der Waals surface area (Å²) in [6.45, 7) is 0.659. The molecular formula is C18H16Cl4N2. The van der Waals surface area contributed by atoms with Crippen molar-refractivity contribution in [3.8, 4) is 11.3 Å². The summed E-state index contributed by atoms with van der Waals surface area (Å²) in [5.74, 6) is 0. The highest BCUT2D eigenvalue weighted by Gasteiger charge is 2.19. The van der Waals surface area contributed by atoms with Crippen molar-refractivity contribution in [3.05, 3.63) is 56.0 Å². The predicted octanol–water partition coefficient (Wildman–Crippen LogP) is 6.73. The molecule has 0 saturated carbocycles. The third-order valence-electron chi connectivity index (χ3n) is 4.03. The van der Waals surface area contributed by atoms with Gasteiger partial charge in [-0.2, -0.15) is 0 Å². The fourth-order valence-corrected chi connectivity index (χ4v) is 4.06. The van der Waals surface area contributed by atoms with E-state index in [9.17, 15) is 0 Å². The third kappa shape index (κ3) is 3.40. The second-order valence-electron chi connectivity index (χ2n) is 5.63. The van der Waals surface area contributed by atoms with Crippen molar-refractivity contribution in [2.24, 2.45) is 5.73 Å². The summed E-state index contributed by atoms with van der Waals surface area (Å²) >= 11 is 25.4. The van der Waals surface area contributed by atoms with Gasteiger partial charge >= 0.3 is 0 Å². The maximum absolute atomic E-state index is 6.41. The van der Waals surface area contributed by atoms with Crippen LogP contribution < -0.4 is 5.73 Å². The van der Waals surface area contributed by atoms with E-state index in [-0.39, 0.29) is 0 Å². The number of aryl methyl sites for hydroxylation is 1. The molecule has 0 saturated heterocycles. The number of fused-ring (bicyclic) bond motifs is 1. The molecule has 0 radical (unpaired) electrons. The van der Waals surface area contributed by atoms with Crippen molar-refractivity contribution in [1.29, 1.82) is 0 Å². The van der Waals surface area contributed by atoms with E-state index in [1.807, 2.05) is 24.3 Å². The molecule has 0 aliphatic carbocycles. The number of aromatic amines is 1. The van der Waals surface area contributed by atoms with Crippen LogP contribution in [0.25, 0.3) is 22.2 Å². The Morgan fingerprint density at radius 3 is 2.29 bits per heavy atom. The van der Waals surface area contributed by atoms with E-state index in [1.54, 1.807) is 6.07 Å². The zero-order valence-electron chi connectivity index (χ0n) is 12.8. The molecule has 0 spiro atoms. The van der Waals surface area contributed by atoms with Crippen LogP contribution in [0.1, 0.15) is 18.4 Å². The first-order chi connectivity index (χ1) is 11.5. The lowest BCUT2D eigenvalue weighted by molar-refractivity contribution is 0.748. The van der Waals surface area contributed by atoms with Gasteiger partial charge in [0.15, 0.2) is 0 Å². The molecule has 2 aromatic carbocycles. The average Bonchev–Trinajstić information content (AvgIpc) is 2.86. The highest BCUT2D eigenvalue weighted by Crippen LogP contribution is 2.41. The zero-order valence-corrected chi connectivity index (χ0v) is 15.8. The average molecular weight is 402 g/mol. The van der Waals surface area contributed by atoms with Crippen molar-refractivity contribution in [1.82, 2.24) is 4.98 Å². The van der Waals surface area contributed by atoms with E-state index >= 15 is 0 Å². The molecule has 1 aromatic heterocycles. The summed E-state index contributed by atoms with van der Waals surface area (Å²) in [7, 11) is 0. The van der Waals surface area contributed by atoms with Gasteiger partial charge in [0, 0.05) is 16.0 Å². The van der Waals surface area contributed by atoms with Gasteiger partial charge in [0.05, 0.1) is 26.3 Å². The van der Waals surface area contributed by atoms with Crippen LogP contribution in [0.4, 0.5) is 0 Å². The molecule has 0 bridgehead atoms. The summed E-state index contributed by atoms with van der Waals surface area (Å²) < 4.78 is 0. The first-order valence-corrected chi connectivity index (χ1v) is 9.18. The van der Waals surface area contributed by atoms with Crippen LogP contribution in [-0.2, 0) is 6.42 Å². The Kier molecular flexibility index (Phi) is 5.63. The SMILES string of the molecule is NCCCCc1c(-c2c(Cl)cccc2Cl)[nH]c2c(Cl)cc(Cl)cc12. The Morgan fingerprint density at radius 1 is 0.917 bits per heavy atom. The predicted molar refractivity (Wildman–Crippen MR) is 106 cm³/mol. The minimum absolute atomic E-state index is 0.576. The molecule has 24 heavy (non-hydrogen) atoms. The van der Waals surface area contributed by atoms with Gasteiger partial charge in [-0.15, -0.1) is 0 Å². The van der Waals surface area contributed by atoms with E-state index in [0.29, 0.717) is 26.6 Å². The molecule has 3 N–H and O–H groups in total. The summed E-state index contributed by atoms with van der Waals surface area (Å²) in [5, 5.41) is 3.36. The Morgan fingerprint density at radius 2 is 1.62 bits per heavy atom. The fourth-order valence-electron chi connectivity index (χ4n) is 2.93. The lowest BCUT2D eigenvalue weighted by atomic mass is 10.00. The van der Waals surface area contributed by atoms with E-state index in [2.05, 4.69) is 4.98 Å². The summed E-state index contributed by atoms with van der Waals surface area (Å²) in [5.41, 5.74) is 9.26. The maximum atomic E-state index is 6.41. The minimum Gasteiger partial charge on any atom is -0.353 e. The second-order valence-corrected chi connectivity index (χ2v) is 7.29. The summed E-state index contributed by atoms with van der Waals surface area (Å²) in [6.07, 6.45) is 2.74. The molecule has 2 nitrogen and oxygen atoms in total. The topological polar surface area (TPSA) is 41.8 Å². The largest absolute Gasteiger partial charge is 0.353 e. The number of rotatable bonds is 5. The van der Waals surface area contributed by atoms with Crippen molar-refractivity contribution in [2.45, 2.75) is 19.3 Å². The normalized spacial score (nSPS) is 11.4. The van der Waals surface area contributed by atoms with Gasteiger partial charge in [-0.25, -0.2) is 0 Å². The molecule has 1 heterocycles. The molecule has 6 heteroatoms. The van der Waals surface area contributed by atoms with Gasteiger partial charge in [-0.1, -0.05) is 52.5 Å². The second kappa shape index (κ2) is 7.55. The maximum Gasteiger partial charge on any atom is 0.0662 e. The van der Waals surface area contributed by atoms with E-state index in [1.165, 1.54) is 0 Å². The first-order valence-electron chi connectivity index (χ1n) is 7.67. The minimum atomic E-state index is 0.576. The molecule has 0 unspecified atom stereocenters. The van der Waals surface area contributed by atoms with Crippen LogP contribution in [0.15, 0.2) is 30.3 Å². The number of aromatic nitrogens is 1. The number of hydrogen-bond donors (Lipinski definition) is 2. The van der Waals surface area contributed by atoms with Crippen LogP contribution in [0.5, 0.6) is 0 Å². The van der Waals surface area contributed by atoms with Crippen LogP contribution in [-0.4, -0.2) is 11.5 Å². The van der Waals surface area contributed by atoms with Crippen molar-refractivity contribution < 1.29 is 0 Å². The number of hydrogen-bond acceptors (Lipinski definition) is 1. The molecule has 3 aromatic rings. The lowest BCUT2D eigenvalue weighted by Crippen LogP contribution is -1.99. The van der Waals surface area contributed by atoms with E-state index in [4.69, 9.17) is 52.1 Å². The summed E-state index contributed by atoms with van der Waals surface area (Å²) in [4.78, 5) is 3.39. The van der Waals surface area contributed by atoms with Crippen molar-refractivity contribution in [3.63, 3.8) is 0 Å². The molecular weight excluding hydrogens is 386 g/mol. The smallest absolute Gasteiger partial charge is 0.0662 e. The van der Waals surface area contributed by atoms with Gasteiger partial charge in [0.2, 0.25) is 0 Å². The Bertz CT molecular complexity index is 866. The Balaban J connectivity index is 2.26. The highest BCUT2D eigenvalue weighted by atomic mass is 35.5. The molecule has 0 atom stereocenters. The third-order valence-corrected chi connectivity index (χ3v) is 5.17. The van der Waals surface area contributed by atoms with Crippen molar-refractivity contribution >= 4 is 57.3 Å². The molecule has 0 aliphatic rings. The molecule has 126 valence electrons. The Hall–Kier alpha value is -0.900. The lowest BCUT2D eigenvalue weighted by Gasteiger charge is -2.09. The monoisotopic (exact) mass is 400 g/mol.